The van der Waals surface area contributed by atoms with Gasteiger partial charge in [-0.2, -0.15) is 0 Å². The molecule has 24 heavy (non-hydrogen) atoms. The fourth-order valence-electron chi connectivity index (χ4n) is 2.22. The van der Waals surface area contributed by atoms with E-state index in [0.29, 0.717) is 10.7 Å². The lowest BCUT2D eigenvalue weighted by atomic mass is 10.3. The van der Waals surface area contributed by atoms with Gasteiger partial charge in [-0.3, -0.25) is 9.89 Å². The Morgan fingerprint density at radius 3 is 2.79 bits per heavy atom. The summed E-state index contributed by atoms with van der Waals surface area (Å²) >= 11 is 4.84. The first-order valence-electron chi connectivity index (χ1n) is 7.52. The van der Waals surface area contributed by atoms with Crippen LogP contribution in [0.15, 0.2) is 38.5 Å². The first-order chi connectivity index (χ1) is 11.6. The average molecular weight is 406 g/mol. The minimum absolute atomic E-state index is 0.142. The standard InChI is InChI=1S/C16H16BrN5OS/c1-3-4-14-19-20-16(24-14)18-9-13-10(2)21-22(15(13)23)12-7-5-11(17)6-8-12/h5-9,21H,3-4H2,1-2H3. The molecule has 0 aliphatic rings. The van der Waals surface area contributed by atoms with Crippen LogP contribution in [0.25, 0.3) is 5.69 Å². The van der Waals surface area contributed by atoms with E-state index in [4.69, 9.17) is 0 Å². The Morgan fingerprint density at radius 2 is 2.08 bits per heavy atom. The van der Waals surface area contributed by atoms with E-state index in [0.717, 1.165) is 33.7 Å². The molecule has 0 amide bonds. The van der Waals surface area contributed by atoms with Crippen molar-refractivity contribution < 1.29 is 0 Å². The number of H-pyrrole nitrogens is 1. The monoisotopic (exact) mass is 405 g/mol. The quantitative estimate of drug-likeness (QED) is 0.655. The Kier molecular flexibility index (Phi) is 5.06. The number of aryl methyl sites for hydroxylation is 2. The third-order valence-corrected chi connectivity index (χ3v) is 4.85. The second-order valence-electron chi connectivity index (χ2n) is 5.25. The predicted molar refractivity (Wildman–Crippen MR) is 100.0 cm³/mol. The molecule has 3 rings (SSSR count). The fraction of sp³-hybridized carbons (Fsp3) is 0.250. The summed E-state index contributed by atoms with van der Waals surface area (Å²) in [5.41, 5.74) is 1.90. The van der Waals surface area contributed by atoms with Gasteiger partial charge in [0.1, 0.15) is 5.01 Å². The van der Waals surface area contributed by atoms with Crippen LogP contribution in [-0.2, 0) is 6.42 Å². The van der Waals surface area contributed by atoms with Crippen LogP contribution in [-0.4, -0.2) is 26.2 Å². The SMILES string of the molecule is CCCc1nnc(N=Cc2c(C)[nH]n(-c3ccc(Br)cc3)c2=O)s1. The minimum atomic E-state index is -0.142. The zero-order valence-electron chi connectivity index (χ0n) is 13.3. The van der Waals surface area contributed by atoms with Gasteiger partial charge in [-0.1, -0.05) is 34.2 Å². The van der Waals surface area contributed by atoms with Crippen LogP contribution in [0, 0.1) is 6.92 Å². The van der Waals surface area contributed by atoms with Crippen molar-refractivity contribution in [2.75, 3.05) is 0 Å². The first-order valence-corrected chi connectivity index (χ1v) is 9.13. The van der Waals surface area contributed by atoms with Crippen molar-refractivity contribution >= 4 is 38.6 Å². The Bertz CT molecular complexity index is 923. The van der Waals surface area contributed by atoms with Gasteiger partial charge < -0.3 is 0 Å². The summed E-state index contributed by atoms with van der Waals surface area (Å²) in [6, 6.07) is 7.51. The number of halogens is 1. The maximum atomic E-state index is 12.6. The fourth-order valence-corrected chi connectivity index (χ4v) is 3.27. The number of nitrogens with one attached hydrogen (secondary N) is 1. The Labute approximate surface area is 151 Å². The highest BCUT2D eigenvalue weighted by Crippen LogP contribution is 2.19. The van der Waals surface area contributed by atoms with Crippen LogP contribution in [0.3, 0.4) is 0 Å². The van der Waals surface area contributed by atoms with Gasteiger partial charge in [-0.25, -0.2) is 9.67 Å². The Hall–Kier alpha value is -2.06. The molecule has 0 fully saturated rings. The highest BCUT2D eigenvalue weighted by molar-refractivity contribution is 9.10. The molecule has 1 N–H and O–H groups in total. The molecule has 0 saturated carbocycles. The zero-order valence-corrected chi connectivity index (χ0v) is 15.7. The molecular formula is C16H16BrN5OS. The molecule has 0 aliphatic carbocycles. The van der Waals surface area contributed by atoms with Crippen molar-refractivity contribution in [1.29, 1.82) is 0 Å². The second kappa shape index (κ2) is 7.23. The molecule has 6 nitrogen and oxygen atoms in total. The molecule has 3 aromatic rings. The molecule has 8 heteroatoms. The van der Waals surface area contributed by atoms with Crippen molar-refractivity contribution in [3.05, 3.63) is 55.4 Å². The van der Waals surface area contributed by atoms with Gasteiger partial charge in [-0.15, -0.1) is 10.2 Å². The van der Waals surface area contributed by atoms with Crippen LogP contribution in [0.1, 0.15) is 29.6 Å². The van der Waals surface area contributed by atoms with Gasteiger partial charge >= 0.3 is 0 Å². The lowest BCUT2D eigenvalue weighted by Crippen LogP contribution is -2.17. The summed E-state index contributed by atoms with van der Waals surface area (Å²) < 4.78 is 2.47. The number of benzene rings is 1. The van der Waals surface area contributed by atoms with E-state index in [-0.39, 0.29) is 5.56 Å². The lowest BCUT2D eigenvalue weighted by Gasteiger charge is -2.00. The molecule has 0 saturated heterocycles. The highest BCUT2D eigenvalue weighted by Gasteiger charge is 2.11. The summed E-state index contributed by atoms with van der Waals surface area (Å²) in [7, 11) is 0. The largest absolute Gasteiger partial charge is 0.295 e. The van der Waals surface area contributed by atoms with Gasteiger partial charge in [0.15, 0.2) is 0 Å². The van der Waals surface area contributed by atoms with Crippen molar-refractivity contribution in [2.45, 2.75) is 26.7 Å². The average Bonchev–Trinajstić information content (AvgIpc) is 3.12. The van der Waals surface area contributed by atoms with Gasteiger partial charge in [0.2, 0.25) is 5.13 Å². The van der Waals surface area contributed by atoms with Crippen LogP contribution >= 0.6 is 27.3 Å². The van der Waals surface area contributed by atoms with Crippen LogP contribution < -0.4 is 5.56 Å². The van der Waals surface area contributed by atoms with E-state index in [9.17, 15) is 4.79 Å². The molecule has 0 aliphatic heterocycles. The molecule has 124 valence electrons. The number of nitrogens with zero attached hydrogens (tertiary/aromatic N) is 4. The number of aliphatic imine (C=N–C) groups is 1. The van der Waals surface area contributed by atoms with E-state index >= 15 is 0 Å². The third-order valence-electron chi connectivity index (χ3n) is 3.43. The van der Waals surface area contributed by atoms with Crippen molar-refractivity contribution in [2.24, 2.45) is 4.99 Å². The summed E-state index contributed by atoms with van der Waals surface area (Å²) in [5, 5.41) is 12.7. The molecule has 0 unspecified atom stereocenters. The number of hydrogen-bond donors (Lipinski definition) is 1. The second-order valence-corrected chi connectivity index (χ2v) is 7.21. The maximum absolute atomic E-state index is 12.6. The van der Waals surface area contributed by atoms with Gasteiger partial charge in [0, 0.05) is 22.8 Å². The van der Waals surface area contributed by atoms with Gasteiger partial charge in [0.05, 0.1) is 11.3 Å². The van der Waals surface area contributed by atoms with E-state index in [1.807, 2.05) is 31.2 Å². The van der Waals surface area contributed by atoms with Crippen LogP contribution in [0.4, 0.5) is 5.13 Å². The third kappa shape index (κ3) is 3.54. The smallest absolute Gasteiger partial charge is 0.280 e. The minimum Gasteiger partial charge on any atom is -0.295 e. The number of rotatable bonds is 5. The van der Waals surface area contributed by atoms with E-state index in [1.54, 1.807) is 6.21 Å². The van der Waals surface area contributed by atoms with E-state index < -0.39 is 0 Å². The molecule has 1 aromatic carbocycles. The summed E-state index contributed by atoms with van der Waals surface area (Å²) in [5.74, 6) is 0. The molecule has 0 atom stereocenters. The topological polar surface area (TPSA) is 75.9 Å². The molecule has 0 radical (unpaired) electrons. The number of aromatic nitrogens is 4. The first kappa shape index (κ1) is 16.8. The normalized spacial score (nSPS) is 11.5. The zero-order chi connectivity index (χ0) is 17.1. The predicted octanol–water partition coefficient (Wildman–Crippen LogP) is 3.79. The van der Waals surface area contributed by atoms with Gasteiger partial charge in [-0.05, 0) is 37.6 Å². The Morgan fingerprint density at radius 1 is 1.33 bits per heavy atom. The number of hydrogen-bond acceptors (Lipinski definition) is 5. The van der Waals surface area contributed by atoms with Crippen molar-refractivity contribution in [3.63, 3.8) is 0 Å². The van der Waals surface area contributed by atoms with E-state index in [1.165, 1.54) is 16.0 Å². The maximum Gasteiger partial charge on any atom is 0.280 e. The van der Waals surface area contributed by atoms with Gasteiger partial charge in [0.25, 0.3) is 5.56 Å². The lowest BCUT2D eigenvalue weighted by molar-refractivity contribution is 0.835. The summed E-state index contributed by atoms with van der Waals surface area (Å²) in [4.78, 5) is 16.9. The molecule has 2 aromatic heterocycles. The van der Waals surface area contributed by atoms with Crippen molar-refractivity contribution in [1.82, 2.24) is 20.0 Å². The highest BCUT2D eigenvalue weighted by atomic mass is 79.9. The summed E-state index contributed by atoms with van der Waals surface area (Å²) in [6.07, 6.45) is 3.47. The number of aromatic amines is 1. The van der Waals surface area contributed by atoms with Crippen LogP contribution in [0.2, 0.25) is 0 Å². The molecule has 2 heterocycles. The summed E-state index contributed by atoms with van der Waals surface area (Å²) in [6.45, 7) is 3.94. The van der Waals surface area contributed by atoms with E-state index in [2.05, 4.69) is 43.1 Å². The Balaban J connectivity index is 1.90. The molecule has 0 bridgehead atoms. The molecular weight excluding hydrogens is 390 g/mol. The van der Waals surface area contributed by atoms with Crippen molar-refractivity contribution in [3.8, 4) is 5.69 Å². The molecule has 0 spiro atoms. The van der Waals surface area contributed by atoms with Crippen LogP contribution in [0.5, 0.6) is 0 Å².